The van der Waals surface area contributed by atoms with Gasteiger partial charge in [-0.3, -0.25) is 10.1 Å². The van der Waals surface area contributed by atoms with Crippen molar-refractivity contribution < 1.29 is 19.2 Å². The fourth-order valence-electron chi connectivity index (χ4n) is 1.84. The Morgan fingerprint density at radius 1 is 1.22 bits per heavy atom. The Bertz CT molecular complexity index is 745. The topological polar surface area (TPSA) is 78.7 Å². The molecule has 120 valence electrons. The molecule has 0 bridgehead atoms. The predicted octanol–water partition coefficient (Wildman–Crippen LogP) is 4.36. The first-order valence-electron chi connectivity index (χ1n) is 6.79. The first-order valence-corrected chi connectivity index (χ1v) is 7.59. The monoisotopic (exact) mass is 379 g/mol. The molecule has 7 heteroatoms. The zero-order valence-electron chi connectivity index (χ0n) is 12.5. The number of rotatable bonds is 5. The average Bonchev–Trinajstić information content (AvgIpc) is 2.48. The summed E-state index contributed by atoms with van der Waals surface area (Å²) < 4.78 is 11.5. The SMILES string of the molecule is CC(C)Oc1ccc(Br)cc1C(=O)Oc1cccc([N+](=O)[O-])c1. The van der Waals surface area contributed by atoms with E-state index in [4.69, 9.17) is 9.47 Å². The Balaban J connectivity index is 2.28. The predicted molar refractivity (Wildman–Crippen MR) is 88.0 cm³/mol. The minimum atomic E-state index is -0.651. The minimum absolute atomic E-state index is 0.0969. The standard InChI is InChI=1S/C16H14BrNO5/c1-10(2)22-15-7-6-11(17)8-14(15)16(19)23-13-5-3-4-12(9-13)18(20)21/h3-10H,1-2H3. The van der Waals surface area contributed by atoms with Crippen molar-refractivity contribution in [3.8, 4) is 11.5 Å². The fraction of sp³-hybridized carbons (Fsp3) is 0.188. The highest BCUT2D eigenvalue weighted by Gasteiger charge is 2.18. The summed E-state index contributed by atoms with van der Waals surface area (Å²) in [6, 6.07) is 10.4. The number of halogens is 1. The lowest BCUT2D eigenvalue weighted by atomic mass is 10.2. The molecule has 0 fully saturated rings. The van der Waals surface area contributed by atoms with E-state index in [9.17, 15) is 14.9 Å². The summed E-state index contributed by atoms with van der Waals surface area (Å²) in [6.07, 6.45) is -0.111. The first-order chi connectivity index (χ1) is 10.9. The quantitative estimate of drug-likeness (QED) is 0.333. The van der Waals surface area contributed by atoms with Crippen LogP contribution in [0.2, 0.25) is 0 Å². The molecule has 0 saturated heterocycles. The van der Waals surface area contributed by atoms with Crippen molar-refractivity contribution in [2.75, 3.05) is 0 Å². The smallest absolute Gasteiger partial charge is 0.347 e. The van der Waals surface area contributed by atoms with Crippen LogP contribution in [0.1, 0.15) is 24.2 Å². The maximum atomic E-state index is 12.4. The Labute approximate surface area is 141 Å². The molecule has 2 aromatic carbocycles. The maximum absolute atomic E-state index is 12.4. The molecular weight excluding hydrogens is 366 g/mol. The molecule has 2 rings (SSSR count). The molecule has 0 N–H and O–H groups in total. The van der Waals surface area contributed by atoms with Gasteiger partial charge in [-0.05, 0) is 38.1 Å². The van der Waals surface area contributed by atoms with Gasteiger partial charge in [0.25, 0.3) is 5.69 Å². The van der Waals surface area contributed by atoms with Crippen molar-refractivity contribution in [1.82, 2.24) is 0 Å². The van der Waals surface area contributed by atoms with E-state index in [1.165, 1.54) is 24.3 Å². The molecule has 6 nitrogen and oxygen atoms in total. The number of nitrogens with zero attached hydrogens (tertiary/aromatic N) is 1. The number of carbonyl (C=O) groups is 1. The second-order valence-electron chi connectivity index (χ2n) is 4.95. The van der Waals surface area contributed by atoms with Gasteiger partial charge in [0.15, 0.2) is 0 Å². The highest BCUT2D eigenvalue weighted by atomic mass is 79.9. The van der Waals surface area contributed by atoms with Gasteiger partial charge >= 0.3 is 5.97 Å². The first kappa shape index (κ1) is 17.0. The van der Waals surface area contributed by atoms with Gasteiger partial charge in [-0.1, -0.05) is 22.0 Å². The molecule has 0 aliphatic rings. The number of ether oxygens (including phenoxy) is 2. The van der Waals surface area contributed by atoms with E-state index < -0.39 is 10.9 Å². The van der Waals surface area contributed by atoms with E-state index in [1.54, 1.807) is 18.2 Å². The van der Waals surface area contributed by atoms with Crippen molar-refractivity contribution in [3.05, 3.63) is 62.6 Å². The number of nitro groups is 1. The second kappa shape index (κ2) is 7.23. The summed E-state index contributed by atoms with van der Waals surface area (Å²) >= 11 is 3.29. The van der Waals surface area contributed by atoms with Crippen LogP contribution in [0.5, 0.6) is 11.5 Å². The molecule has 0 saturated carbocycles. The third kappa shape index (κ3) is 4.53. The number of nitro benzene ring substituents is 1. The Kier molecular flexibility index (Phi) is 5.33. The summed E-state index contributed by atoms with van der Waals surface area (Å²) in [6.45, 7) is 3.69. The Morgan fingerprint density at radius 2 is 1.96 bits per heavy atom. The van der Waals surface area contributed by atoms with Gasteiger partial charge in [0, 0.05) is 10.5 Å². The van der Waals surface area contributed by atoms with E-state index >= 15 is 0 Å². The Morgan fingerprint density at radius 3 is 2.61 bits per heavy atom. The number of hydrogen-bond acceptors (Lipinski definition) is 5. The van der Waals surface area contributed by atoms with Crippen LogP contribution < -0.4 is 9.47 Å². The van der Waals surface area contributed by atoms with Crippen molar-refractivity contribution in [2.45, 2.75) is 20.0 Å². The molecule has 0 heterocycles. The van der Waals surface area contributed by atoms with Crippen LogP contribution in [0.4, 0.5) is 5.69 Å². The molecular formula is C16H14BrNO5. The van der Waals surface area contributed by atoms with E-state index in [2.05, 4.69) is 15.9 Å². The zero-order valence-corrected chi connectivity index (χ0v) is 14.1. The van der Waals surface area contributed by atoms with Gasteiger partial charge in [-0.15, -0.1) is 0 Å². The third-order valence-corrected chi connectivity index (χ3v) is 3.26. The number of non-ortho nitro benzene ring substituents is 1. The molecule has 0 spiro atoms. The lowest BCUT2D eigenvalue weighted by molar-refractivity contribution is -0.384. The van der Waals surface area contributed by atoms with Gasteiger partial charge < -0.3 is 9.47 Å². The van der Waals surface area contributed by atoms with E-state index in [0.29, 0.717) is 10.2 Å². The van der Waals surface area contributed by atoms with E-state index in [-0.39, 0.29) is 23.1 Å². The van der Waals surface area contributed by atoms with Gasteiger partial charge in [-0.2, -0.15) is 0 Å². The molecule has 2 aromatic rings. The molecule has 0 aliphatic heterocycles. The highest BCUT2D eigenvalue weighted by Crippen LogP contribution is 2.27. The highest BCUT2D eigenvalue weighted by molar-refractivity contribution is 9.10. The van der Waals surface area contributed by atoms with Crippen molar-refractivity contribution in [2.24, 2.45) is 0 Å². The van der Waals surface area contributed by atoms with Crippen LogP contribution in [0.15, 0.2) is 46.9 Å². The van der Waals surface area contributed by atoms with Crippen LogP contribution >= 0.6 is 15.9 Å². The number of esters is 1. The summed E-state index contributed by atoms with van der Waals surface area (Å²) in [5, 5.41) is 10.8. The molecule has 0 aliphatic carbocycles. The molecule has 23 heavy (non-hydrogen) atoms. The molecule has 0 aromatic heterocycles. The maximum Gasteiger partial charge on any atom is 0.347 e. The van der Waals surface area contributed by atoms with Crippen LogP contribution in [0.3, 0.4) is 0 Å². The fourth-order valence-corrected chi connectivity index (χ4v) is 2.20. The van der Waals surface area contributed by atoms with Crippen molar-refractivity contribution in [1.29, 1.82) is 0 Å². The third-order valence-electron chi connectivity index (χ3n) is 2.76. The molecule has 0 radical (unpaired) electrons. The lowest BCUT2D eigenvalue weighted by Crippen LogP contribution is -2.14. The summed E-state index contributed by atoms with van der Waals surface area (Å²) in [7, 11) is 0. The minimum Gasteiger partial charge on any atom is -0.490 e. The van der Waals surface area contributed by atoms with Crippen molar-refractivity contribution in [3.63, 3.8) is 0 Å². The van der Waals surface area contributed by atoms with Gasteiger partial charge in [0.05, 0.1) is 17.1 Å². The summed E-state index contributed by atoms with van der Waals surface area (Å²) in [5.74, 6) is -0.166. The van der Waals surface area contributed by atoms with Crippen LogP contribution in [-0.4, -0.2) is 17.0 Å². The van der Waals surface area contributed by atoms with Gasteiger partial charge in [0.1, 0.15) is 17.1 Å². The van der Waals surface area contributed by atoms with Gasteiger partial charge in [-0.25, -0.2) is 4.79 Å². The lowest BCUT2D eigenvalue weighted by Gasteiger charge is -2.14. The van der Waals surface area contributed by atoms with Crippen LogP contribution in [0.25, 0.3) is 0 Å². The number of benzene rings is 2. The second-order valence-corrected chi connectivity index (χ2v) is 5.87. The Hall–Kier alpha value is -2.41. The van der Waals surface area contributed by atoms with E-state index in [1.807, 2.05) is 13.8 Å². The van der Waals surface area contributed by atoms with Crippen LogP contribution in [0, 0.1) is 10.1 Å². The molecule has 0 amide bonds. The zero-order chi connectivity index (χ0) is 17.0. The number of carbonyl (C=O) groups excluding carboxylic acids is 1. The number of hydrogen-bond donors (Lipinski definition) is 0. The normalized spacial score (nSPS) is 10.4. The molecule has 0 unspecified atom stereocenters. The summed E-state index contributed by atoms with van der Waals surface area (Å²) in [5.41, 5.74) is 0.0859. The average molecular weight is 380 g/mol. The van der Waals surface area contributed by atoms with Gasteiger partial charge in [0.2, 0.25) is 0 Å². The largest absolute Gasteiger partial charge is 0.490 e. The van der Waals surface area contributed by atoms with E-state index in [0.717, 1.165) is 0 Å². The summed E-state index contributed by atoms with van der Waals surface area (Å²) in [4.78, 5) is 22.6. The molecule has 0 atom stereocenters. The van der Waals surface area contributed by atoms with Crippen molar-refractivity contribution >= 4 is 27.6 Å². The van der Waals surface area contributed by atoms with Crippen LogP contribution in [-0.2, 0) is 0 Å².